The Morgan fingerprint density at radius 2 is 1.71 bits per heavy atom. The molecule has 3 heteroatoms. The van der Waals surface area contributed by atoms with Crippen molar-refractivity contribution in [3.63, 3.8) is 0 Å². The van der Waals surface area contributed by atoms with E-state index in [0.29, 0.717) is 5.02 Å². The van der Waals surface area contributed by atoms with Crippen molar-refractivity contribution in [2.75, 3.05) is 0 Å². The summed E-state index contributed by atoms with van der Waals surface area (Å²) in [5, 5.41) is 3.84. The highest BCUT2D eigenvalue weighted by atomic mass is 35.5. The molecule has 1 aliphatic rings. The fourth-order valence-corrected chi connectivity index (χ4v) is 2.82. The maximum absolute atomic E-state index is 12.6. The molecular formula is C18H18ClNO. The van der Waals surface area contributed by atoms with Crippen LogP contribution < -0.4 is 5.32 Å². The lowest BCUT2D eigenvalue weighted by Crippen LogP contribution is -2.36. The summed E-state index contributed by atoms with van der Waals surface area (Å²) in [4.78, 5) is 12.6. The maximum Gasteiger partial charge on any atom is 0.231 e. The summed E-state index contributed by atoms with van der Waals surface area (Å²) in [6.07, 6.45) is 1.85. The van der Waals surface area contributed by atoms with Crippen LogP contribution in [0, 0.1) is 0 Å². The Balaban J connectivity index is 1.73. The largest absolute Gasteiger partial charge is 0.349 e. The van der Waals surface area contributed by atoms with Crippen molar-refractivity contribution in [1.82, 2.24) is 5.32 Å². The third-order valence-electron chi connectivity index (χ3n) is 4.23. The van der Waals surface area contributed by atoms with Crippen molar-refractivity contribution in [2.24, 2.45) is 0 Å². The smallest absolute Gasteiger partial charge is 0.231 e. The van der Waals surface area contributed by atoms with Gasteiger partial charge in [0.1, 0.15) is 0 Å². The normalized spacial score (nSPS) is 17.0. The molecule has 3 rings (SSSR count). The fraction of sp³-hybridized carbons (Fsp3) is 0.278. The molecule has 0 spiro atoms. The Morgan fingerprint density at radius 3 is 2.29 bits per heavy atom. The zero-order valence-corrected chi connectivity index (χ0v) is 12.7. The zero-order chi connectivity index (χ0) is 14.9. The SMILES string of the molecule is CC(NC(=O)C1(c2ccccc2)CC1)c1ccc(Cl)cc1. The first-order valence-corrected chi connectivity index (χ1v) is 7.61. The number of carbonyl (C=O) groups is 1. The standard InChI is InChI=1S/C18H18ClNO/c1-13(14-7-9-16(19)10-8-14)20-17(21)18(11-12-18)15-5-3-2-4-6-15/h2-10,13H,11-12H2,1H3,(H,20,21). The summed E-state index contributed by atoms with van der Waals surface area (Å²) < 4.78 is 0. The summed E-state index contributed by atoms with van der Waals surface area (Å²) in [5.74, 6) is 0.121. The summed E-state index contributed by atoms with van der Waals surface area (Å²) in [6.45, 7) is 2.00. The molecule has 0 aliphatic heterocycles. The van der Waals surface area contributed by atoms with E-state index in [1.807, 2.05) is 61.5 Å². The van der Waals surface area contributed by atoms with Gasteiger partial charge >= 0.3 is 0 Å². The van der Waals surface area contributed by atoms with Gasteiger partial charge in [-0.15, -0.1) is 0 Å². The molecule has 0 bridgehead atoms. The molecule has 1 unspecified atom stereocenters. The number of nitrogens with one attached hydrogen (secondary N) is 1. The van der Waals surface area contributed by atoms with Crippen LogP contribution in [-0.4, -0.2) is 5.91 Å². The Kier molecular flexibility index (Phi) is 3.73. The fourth-order valence-electron chi connectivity index (χ4n) is 2.70. The molecule has 108 valence electrons. The van der Waals surface area contributed by atoms with Gasteiger partial charge in [-0.2, -0.15) is 0 Å². The average molecular weight is 300 g/mol. The second kappa shape index (κ2) is 5.53. The number of rotatable bonds is 4. The molecule has 1 aliphatic carbocycles. The first-order valence-electron chi connectivity index (χ1n) is 7.24. The lowest BCUT2D eigenvalue weighted by atomic mass is 9.94. The zero-order valence-electron chi connectivity index (χ0n) is 12.0. The van der Waals surface area contributed by atoms with Crippen molar-refractivity contribution >= 4 is 17.5 Å². The van der Waals surface area contributed by atoms with E-state index in [-0.39, 0.29) is 17.4 Å². The van der Waals surface area contributed by atoms with Gasteiger partial charge < -0.3 is 5.32 Å². The minimum Gasteiger partial charge on any atom is -0.349 e. The number of amides is 1. The average Bonchev–Trinajstić information content (AvgIpc) is 3.30. The van der Waals surface area contributed by atoms with Crippen LogP contribution in [0.1, 0.15) is 36.9 Å². The van der Waals surface area contributed by atoms with E-state index in [4.69, 9.17) is 11.6 Å². The highest BCUT2D eigenvalue weighted by Crippen LogP contribution is 2.48. The number of hydrogen-bond donors (Lipinski definition) is 1. The number of hydrogen-bond acceptors (Lipinski definition) is 1. The van der Waals surface area contributed by atoms with Crippen LogP contribution in [0.3, 0.4) is 0 Å². The molecule has 1 N–H and O–H groups in total. The molecule has 0 heterocycles. The molecule has 0 saturated heterocycles. The Hall–Kier alpha value is -1.80. The van der Waals surface area contributed by atoms with Crippen LogP contribution in [0.25, 0.3) is 0 Å². The molecule has 0 radical (unpaired) electrons. The second-order valence-electron chi connectivity index (χ2n) is 5.69. The van der Waals surface area contributed by atoms with E-state index in [9.17, 15) is 4.79 Å². The second-order valence-corrected chi connectivity index (χ2v) is 6.13. The van der Waals surface area contributed by atoms with Crippen molar-refractivity contribution in [3.8, 4) is 0 Å². The molecule has 1 saturated carbocycles. The lowest BCUT2D eigenvalue weighted by Gasteiger charge is -2.20. The van der Waals surface area contributed by atoms with Gasteiger partial charge in [0.2, 0.25) is 5.91 Å². The molecule has 2 nitrogen and oxygen atoms in total. The number of carbonyl (C=O) groups excluding carboxylic acids is 1. The van der Waals surface area contributed by atoms with Gasteiger partial charge in [-0.1, -0.05) is 54.1 Å². The maximum atomic E-state index is 12.6. The summed E-state index contributed by atoms with van der Waals surface area (Å²) >= 11 is 5.90. The first kappa shape index (κ1) is 14.2. The predicted molar refractivity (Wildman–Crippen MR) is 85.4 cm³/mol. The first-order chi connectivity index (χ1) is 10.1. The van der Waals surface area contributed by atoms with Crippen molar-refractivity contribution in [2.45, 2.75) is 31.2 Å². The van der Waals surface area contributed by atoms with Crippen LogP contribution in [0.2, 0.25) is 5.02 Å². The van der Waals surface area contributed by atoms with Gasteiger partial charge in [0.15, 0.2) is 0 Å². The third kappa shape index (κ3) is 2.81. The molecular weight excluding hydrogens is 282 g/mol. The van der Waals surface area contributed by atoms with E-state index in [0.717, 1.165) is 24.0 Å². The molecule has 0 aromatic heterocycles. The third-order valence-corrected chi connectivity index (χ3v) is 4.48. The monoisotopic (exact) mass is 299 g/mol. The molecule has 1 atom stereocenters. The van der Waals surface area contributed by atoms with Crippen molar-refractivity contribution in [1.29, 1.82) is 0 Å². The predicted octanol–water partition coefficient (Wildman–Crippen LogP) is 4.25. The highest BCUT2D eigenvalue weighted by Gasteiger charge is 2.51. The van der Waals surface area contributed by atoms with E-state index in [1.165, 1.54) is 0 Å². The van der Waals surface area contributed by atoms with Crippen LogP contribution in [0.5, 0.6) is 0 Å². The van der Waals surface area contributed by atoms with E-state index < -0.39 is 0 Å². The highest BCUT2D eigenvalue weighted by molar-refractivity contribution is 6.30. The quantitative estimate of drug-likeness (QED) is 0.898. The molecule has 21 heavy (non-hydrogen) atoms. The van der Waals surface area contributed by atoms with Gasteiger partial charge in [0.25, 0.3) is 0 Å². The Labute approximate surface area is 130 Å². The van der Waals surface area contributed by atoms with Crippen LogP contribution in [-0.2, 0) is 10.2 Å². The summed E-state index contributed by atoms with van der Waals surface area (Å²) in [6, 6.07) is 17.6. The van der Waals surface area contributed by atoms with E-state index >= 15 is 0 Å². The summed E-state index contributed by atoms with van der Waals surface area (Å²) in [7, 11) is 0. The molecule has 1 fully saturated rings. The van der Waals surface area contributed by atoms with E-state index in [1.54, 1.807) is 0 Å². The van der Waals surface area contributed by atoms with Crippen LogP contribution in [0.4, 0.5) is 0 Å². The van der Waals surface area contributed by atoms with Gasteiger partial charge in [-0.05, 0) is 43.0 Å². The van der Waals surface area contributed by atoms with Crippen molar-refractivity contribution in [3.05, 3.63) is 70.7 Å². The van der Waals surface area contributed by atoms with Gasteiger partial charge in [0, 0.05) is 5.02 Å². The molecule has 2 aromatic carbocycles. The van der Waals surface area contributed by atoms with Gasteiger partial charge in [-0.25, -0.2) is 0 Å². The Bertz CT molecular complexity index is 632. The number of benzene rings is 2. The Morgan fingerprint density at radius 1 is 1.10 bits per heavy atom. The van der Waals surface area contributed by atoms with E-state index in [2.05, 4.69) is 5.32 Å². The minimum absolute atomic E-state index is 0.0176. The minimum atomic E-state index is -0.318. The van der Waals surface area contributed by atoms with Crippen LogP contribution >= 0.6 is 11.6 Å². The molecule has 2 aromatic rings. The van der Waals surface area contributed by atoms with Crippen molar-refractivity contribution < 1.29 is 4.79 Å². The summed E-state index contributed by atoms with van der Waals surface area (Å²) in [5.41, 5.74) is 1.87. The van der Waals surface area contributed by atoms with Gasteiger partial charge in [-0.3, -0.25) is 4.79 Å². The number of halogens is 1. The lowest BCUT2D eigenvalue weighted by molar-refractivity contribution is -0.124. The van der Waals surface area contributed by atoms with Gasteiger partial charge in [0.05, 0.1) is 11.5 Å². The van der Waals surface area contributed by atoms with Crippen LogP contribution in [0.15, 0.2) is 54.6 Å². The molecule has 1 amide bonds. The topological polar surface area (TPSA) is 29.1 Å².